The van der Waals surface area contributed by atoms with Gasteiger partial charge in [0.2, 0.25) is 0 Å². The van der Waals surface area contributed by atoms with E-state index in [0.717, 1.165) is 0 Å². The topological polar surface area (TPSA) is 67.3 Å². The minimum absolute atomic E-state index is 0.0108. The van der Waals surface area contributed by atoms with Crippen LogP contribution in [0.25, 0.3) is 22.2 Å². The largest absolute Gasteiger partial charge is 0.338 e. The Morgan fingerprint density at radius 1 is 1.14 bits per heavy atom. The summed E-state index contributed by atoms with van der Waals surface area (Å²) < 4.78 is 36.9. The van der Waals surface area contributed by atoms with E-state index in [1.165, 1.54) is 17.0 Å². The molecule has 0 aliphatic carbocycles. The molecule has 1 unspecified atom stereocenters. The van der Waals surface area contributed by atoms with Crippen molar-refractivity contribution < 1.29 is 17.6 Å². The van der Waals surface area contributed by atoms with Crippen LogP contribution in [0.1, 0.15) is 16.8 Å². The summed E-state index contributed by atoms with van der Waals surface area (Å²) in [5.41, 5.74) is 2.37. The third kappa shape index (κ3) is 3.49. The first-order chi connectivity index (χ1) is 13.3. The van der Waals surface area contributed by atoms with E-state index in [9.17, 15) is 17.6 Å². The molecular weight excluding hydrogens is 379 g/mol. The van der Waals surface area contributed by atoms with Crippen LogP contribution in [0, 0.1) is 5.82 Å². The summed E-state index contributed by atoms with van der Waals surface area (Å²) in [6, 6.07) is 14.6. The third-order valence-corrected chi connectivity index (χ3v) is 6.91. The number of rotatable bonds is 3. The van der Waals surface area contributed by atoms with Gasteiger partial charge in [0.15, 0.2) is 9.84 Å². The summed E-state index contributed by atoms with van der Waals surface area (Å²) in [6.07, 6.45) is 0.443. The highest BCUT2D eigenvalue weighted by Crippen LogP contribution is 2.27. The summed E-state index contributed by atoms with van der Waals surface area (Å²) >= 11 is 0. The first-order valence-corrected chi connectivity index (χ1v) is 10.8. The van der Waals surface area contributed by atoms with Gasteiger partial charge in [0.1, 0.15) is 5.82 Å². The van der Waals surface area contributed by atoms with Crippen molar-refractivity contribution in [1.29, 1.82) is 0 Å². The Balaban J connectivity index is 1.79. The van der Waals surface area contributed by atoms with Crippen molar-refractivity contribution in [2.24, 2.45) is 0 Å². The van der Waals surface area contributed by atoms with Gasteiger partial charge in [0, 0.05) is 24.0 Å². The van der Waals surface area contributed by atoms with E-state index in [1.54, 1.807) is 25.2 Å². The maximum atomic E-state index is 13.3. The molecule has 2 aromatic carbocycles. The highest BCUT2D eigenvalue weighted by atomic mass is 32.2. The van der Waals surface area contributed by atoms with E-state index >= 15 is 0 Å². The van der Waals surface area contributed by atoms with Crippen LogP contribution >= 0.6 is 0 Å². The Hall–Kier alpha value is -2.80. The molecule has 0 spiro atoms. The molecule has 2 heterocycles. The molecule has 1 aromatic heterocycles. The van der Waals surface area contributed by atoms with Gasteiger partial charge >= 0.3 is 0 Å². The second-order valence-electron chi connectivity index (χ2n) is 7.05. The van der Waals surface area contributed by atoms with Crippen LogP contribution in [0.2, 0.25) is 0 Å². The fourth-order valence-electron chi connectivity index (χ4n) is 3.56. The molecular formula is C21H19FN2O3S. The SMILES string of the molecule is CN(C(=O)c1cc(-c2ccc(F)cc2)nc2ccccc12)C1CCS(=O)(=O)C1. The number of pyridine rings is 1. The van der Waals surface area contributed by atoms with Crippen molar-refractivity contribution in [2.75, 3.05) is 18.6 Å². The summed E-state index contributed by atoms with van der Waals surface area (Å²) in [5.74, 6) is -0.497. The lowest BCUT2D eigenvalue weighted by atomic mass is 10.0. The van der Waals surface area contributed by atoms with Crippen LogP contribution in [0.15, 0.2) is 54.6 Å². The molecule has 1 aliphatic heterocycles. The zero-order valence-corrected chi connectivity index (χ0v) is 16.1. The number of hydrogen-bond acceptors (Lipinski definition) is 4. The molecule has 1 fully saturated rings. The van der Waals surface area contributed by atoms with E-state index in [0.29, 0.717) is 34.1 Å². The lowest BCUT2D eigenvalue weighted by molar-refractivity contribution is 0.0749. The maximum absolute atomic E-state index is 13.3. The lowest BCUT2D eigenvalue weighted by Gasteiger charge is -2.24. The molecule has 144 valence electrons. The minimum Gasteiger partial charge on any atom is -0.338 e. The lowest BCUT2D eigenvalue weighted by Crippen LogP contribution is -2.38. The Bertz CT molecular complexity index is 1160. The molecule has 1 amide bonds. The molecule has 1 atom stereocenters. The molecule has 28 heavy (non-hydrogen) atoms. The van der Waals surface area contributed by atoms with Crippen molar-refractivity contribution in [2.45, 2.75) is 12.5 Å². The average molecular weight is 398 g/mol. The second-order valence-corrected chi connectivity index (χ2v) is 9.28. The van der Waals surface area contributed by atoms with Crippen LogP contribution < -0.4 is 0 Å². The van der Waals surface area contributed by atoms with Crippen LogP contribution in [0.4, 0.5) is 4.39 Å². The van der Waals surface area contributed by atoms with Gasteiger partial charge in [-0.05, 0) is 42.8 Å². The molecule has 7 heteroatoms. The Morgan fingerprint density at radius 3 is 2.54 bits per heavy atom. The second kappa shape index (κ2) is 6.98. The van der Waals surface area contributed by atoms with Crippen molar-refractivity contribution in [3.8, 4) is 11.3 Å². The number of carbonyl (C=O) groups is 1. The van der Waals surface area contributed by atoms with Gasteiger partial charge in [-0.25, -0.2) is 17.8 Å². The number of fused-ring (bicyclic) bond motifs is 1. The summed E-state index contributed by atoms with van der Waals surface area (Å²) in [7, 11) is -1.46. The van der Waals surface area contributed by atoms with Crippen molar-refractivity contribution >= 4 is 26.6 Å². The number of aromatic nitrogens is 1. The molecule has 3 aromatic rings. The van der Waals surface area contributed by atoms with Crippen LogP contribution in [0.3, 0.4) is 0 Å². The number of para-hydroxylation sites is 1. The molecule has 0 N–H and O–H groups in total. The Morgan fingerprint density at radius 2 is 1.86 bits per heavy atom. The molecule has 0 radical (unpaired) electrons. The summed E-state index contributed by atoms with van der Waals surface area (Å²) in [5, 5.41) is 0.700. The predicted octanol–water partition coefficient (Wildman–Crippen LogP) is 3.30. The van der Waals surface area contributed by atoms with Crippen molar-refractivity contribution in [3.05, 3.63) is 66.0 Å². The summed E-state index contributed by atoms with van der Waals surface area (Å²) in [4.78, 5) is 19.4. The van der Waals surface area contributed by atoms with Crippen molar-refractivity contribution in [1.82, 2.24) is 9.88 Å². The number of hydrogen-bond donors (Lipinski definition) is 0. The number of amides is 1. The Labute approximate surface area is 162 Å². The number of carbonyl (C=O) groups excluding carboxylic acids is 1. The predicted molar refractivity (Wildman–Crippen MR) is 106 cm³/mol. The van der Waals surface area contributed by atoms with E-state index in [2.05, 4.69) is 4.98 Å². The molecule has 0 bridgehead atoms. The fraction of sp³-hybridized carbons (Fsp3) is 0.238. The standard InChI is InChI=1S/C21H19FN2O3S/c1-24(16-10-11-28(26,27)13-16)21(25)18-12-20(14-6-8-15(22)9-7-14)23-19-5-3-2-4-17(18)19/h2-9,12,16H,10-11,13H2,1H3. The quantitative estimate of drug-likeness (QED) is 0.679. The van der Waals surface area contributed by atoms with E-state index < -0.39 is 9.84 Å². The maximum Gasteiger partial charge on any atom is 0.254 e. The number of sulfone groups is 1. The van der Waals surface area contributed by atoms with Gasteiger partial charge in [-0.2, -0.15) is 0 Å². The van der Waals surface area contributed by atoms with Crippen LogP contribution in [0.5, 0.6) is 0 Å². The smallest absolute Gasteiger partial charge is 0.254 e. The summed E-state index contributed by atoms with van der Waals surface area (Å²) in [6.45, 7) is 0. The number of nitrogens with zero attached hydrogens (tertiary/aromatic N) is 2. The van der Waals surface area contributed by atoms with Crippen LogP contribution in [-0.2, 0) is 9.84 Å². The number of halogens is 1. The normalized spacial score (nSPS) is 18.3. The van der Waals surface area contributed by atoms with Gasteiger partial charge in [0.25, 0.3) is 5.91 Å². The number of benzene rings is 2. The molecule has 5 nitrogen and oxygen atoms in total. The van der Waals surface area contributed by atoms with Gasteiger partial charge in [-0.1, -0.05) is 18.2 Å². The average Bonchev–Trinajstić information content (AvgIpc) is 3.06. The van der Waals surface area contributed by atoms with Gasteiger partial charge in [-0.15, -0.1) is 0 Å². The monoisotopic (exact) mass is 398 g/mol. The van der Waals surface area contributed by atoms with Gasteiger partial charge in [0.05, 0.1) is 28.3 Å². The molecule has 1 aliphatic rings. The zero-order chi connectivity index (χ0) is 19.9. The van der Waals surface area contributed by atoms with E-state index in [4.69, 9.17) is 0 Å². The molecule has 4 rings (SSSR count). The van der Waals surface area contributed by atoms with E-state index in [-0.39, 0.29) is 29.3 Å². The highest BCUT2D eigenvalue weighted by Gasteiger charge is 2.33. The zero-order valence-electron chi connectivity index (χ0n) is 15.3. The first-order valence-electron chi connectivity index (χ1n) is 8.97. The first kappa shape index (κ1) is 18.6. The highest BCUT2D eigenvalue weighted by molar-refractivity contribution is 7.91. The van der Waals surface area contributed by atoms with E-state index in [1.807, 2.05) is 24.3 Å². The van der Waals surface area contributed by atoms with Gasteiger partial charge < -0.3 is 4.90 Å². The minimum atomic E-state index is -3.10. The third-order valence-electron chi connectivity index (χ3n) is 5.16. The molecule has 1 saturated heterocycles. The van der Waals surface area contributed by atoms with Gasteiger partial charge in [-0.3, -0.25) is 4.79 Å². The molecule has 0 saturated carbocycles. The Kier molecular flexibility index (Phi) is 4.63. The van der Waals surface area contributed by atoms with Crippen molar-refractivity contribution in [3.63, 3.8) is 0 Å². The fourth-order valence-corrected chi connectivity index (χ4v) is 5.33. The van der Waals surface area contributed by atoms with Crippen LogP contribution in [-0.4, -0.2) is 48.8 Å².